The number of sulfone groups is 1. The molecule has 8 heteroatoms. The number of benzene rings is 2. The van der Waals surface area contributed by atoms with E-state index >= 15 is 0 Å². The molecule has 0 aliphatic heterocycles. The van der Waals surface area contributed by atoms with Crippen molar-refractivity contribution in [3.63, 3.8) is 0 Å². The average Bonchev–Trinajstić information content (AvgIpc) is 3.16. The van der Waals surface area contributed by atoms with Gasteiger partial charge in [0.05, 0.1) is 16.7 Å². The quantitative estimate of drug-likeness (QED) is 0.653. The molecule has 1 atom stereocenters. The van der Waals surface area contributed by atoms with Gasteiger partial charge in [0.2, 0.25) is 0 Å². The van der Waals surface area contributed by atoms with Gasteiger partial charge in [0.1, 0.15) is 22.6 Å². The average molecular weight is 391 g/mol. The summed E-state index contributed by atoms with van der Waals surface area (Å²) in [4.78, 5) is 12.1. The van der Waals surface area contributed by atoms with Gasteiger partial charge < -0.3 is 9.73 Å². The molecule has 2 aromatic carbocycles. The molecule has 0 unspecified atom stereocenters. The fraction of sp³-hybridized carbons (Fsp3) is 0.105. The van der Waals surface area contributed by atoms with Gasteiger partial charge in [0, 0.05) is 6.54 Å². The highest BCUT2D eigenvalue weighted by atomic mass is 32.2. The predicted octanol–water partition coefficient (Wildman–Crippen LogP) is 3.50. The number of hydrogen-bond acceptors (Lipinski definition) is 4. The van der Waals surface area contributed by atoms with E-state index in [9.17, 15) is 22.0 Å². The van der Waals surface area contributed by atoms with Crippen molar-refractivity contribution < 1.29 is 26.4 Å². The van der Waals surface area contributed by atoms with Gasteiger partial charge in [-0.15, -0.1) is 0 Å². The van der Waals surface area contributed by atoms with Crippen molar-refractivity contribution in [2.45, 2.75) is 10.1 Å². The van der Waals surface area contributed by atoms with Crippen molar-refractivity contribution in [3.05, 3.63) is 89.9 Å². The number of carbonyl (C=O) groups is 1. The largest absolute Gasteiger partial charge is 0.468 e. The summed E-state index contributed by atoms with van der Waals surface area (Å²) in [5.41, 5.74) is -0.199. The SMILES string of the molecule is O=C(NC[C@@H](c1ccco1)S(=O)(=O)c1ccc(F)cc1)c1ccccc1F. The number of rotatable bonds is 6. The van der Waals surface area contributed by atoms with Crippen LogP contribution in [0.15, 0.2) is 76.2 Å². The lowest BCUT2D eigenvalue weighted by Gasteiger charge is -2.17. The number of halogens is 2. The lowest BCUT2D eigenvalue weighted by Crippen LogP contribution is -2.32. The van der Waals surface area contributed by atoms with Crippen LogP contribution >= 0.6 is 0 Å². The van der Waals surface area contributed by atoms with E-state index in [2.05, 4.69) is 5.32 Å². The zero-order valence-corrected chi connectivity index (χ0v) is 14.7. The van der Waals surface area contributed by atoms with Crippen LogP contribution in [0.4, 0.5) is 8.78 Å². The molecule has 1 aromatic heterocycles. The first-order chi connectivity index (χ1) is 12.9. The van der Waals surface area contributed by atoms with Crippen molar-refractivity contribution in [1.82, 2.24) is 5.32 Å². The summed E-state index contributed by atoms with van der Waals surface area (Å²) in [5.74, 6) is -1.94. The molecule has 0 spiro atoms. The molecule has 0 aliphatic rings. The van der Waals surface area contributed by atoms with E-state index in [1.165, 1.54) is 36.6 Å². The number of furan rings is 1. The van der Waals surface area contributed by atoms with Crippen LogP contribution in [0, 0.1) is 11.6 Å². The smallest absolute Gasteiger partial charge is 0.254 e. The monoisotopic (exact) mass is 391 g/mol. The van der Waals surface area contributed by atoms with Gasteiger partial charge in [-0.2, -0.15) is 0 Å². The molecule has 0 fully saturated rings. The second-order valence-corrected chi connectivity index (χ2v) is 7.82. The Balaban J connectivity index is 1.88. The molecule has 140 valence electrons. The molecule has 1 heterocycles. The third-order valence-corrected chi connectivity index (χ3v) is 6.02. The molecule has 0 aliphatic carbocycles. The van der Waals surface area contributed by atoms with E-state index in [4.69, 9.17) is 4.42 Å². The highest BCUT2D eigenvalue weighted by molar-refractivity contribution is 7.91. The van der Waals surface area contributed by atoms with E-state index in [0.29, 0.717) is 0 Å². The molecule has 3 rings (SSSR count). The third-order valence-electron chi connectivity index (χ3n) is 3.94. The molecule has 0 radical (unpaired) electrons. The van der Waals surface area contributed by atoms with Gasteiger partial charge in [-0.3, -0.25) is 4.79 Å². The highest BCUT2D eigenvalue weighted by Crippen LogP contribution is 2.29. The summed E-state index contributed by atoms with van der Waals surface area (Å²) in [5, 5.41) is 1.17. The molecule has 1 N–H and O–H groups in total. The Kier molecular flexibility index (Phi) is 5.36. The van der Waals surface area contributed by atoms with E-state index < -0.39 is 32.6 Å². The first-order valence-corrected chi connectivity index (χ1v) is 9.50. The molecule has 0 bridgehead atoms. The maximum atomic E-state index is 13.7. The van der Waals surface area contributed by atoms with Crippen LogP contribution in [0.5, 0.6) is 0 Å². The molecule has 1 amide bonds. The topological polar surface area (TPSA) is 76.4 Å². The standard InChI is InChI=1S/C19H15F2NO4S/c20-13-7-9-14(10-8-13)27(24,25)18(17-6-3-11-26-17)12-22-19(23)15-4-1-2-5-16(15)21/h1-11,18H,12H2,(H,22,23)/t18-/m0/s1. The Bertz CT molecular complexity index is 1030. The Morgan fingerprint density at radius 1 is 1.00 bits per heavy atom. The van der Waals surface area contributed by atoms with Crippen LogP contribution in [0.25, 0.3) is 0 Å². The van der Waals surface area contributed by atoms with Gasteiger partial charge in [-0.1, -0.05) is 12.1 Å². The van der Waals surface area contributed by atoms with Crippen LogP contribution in [0.2, 0.25) is 0 Å². The fourth-order valence-electron chi connectivity index (χ4n) is 2.55. The van der Waals surface area contributed by atoms with Crippen LogP contribution < -0.4 is 5.32 Å². The second-order valence-electron chi connectivity index (χ2n) is 5.69. The molecule has 5 nitrogen and oxygen atoms in total. The minimum Gasteiger partial charge on any atom is -0.468 e. The zero-order chi connectivity index (χ0) is 19.4. The van der Waals surface area contributed by atoms with Crippen LogP contribution in [-0.2, 0) is 9.84 Å². The predicted molar refractivity (Wildman–Crippen MR) is 93.8 cm³/mol. The fourth-order valence-corrected chi connectivity index (χ4v) is 4.14. The number of carbonyl (C=O) groups excluding carboxylic acids is 1. The zero-order valence-electron chi connectivity index (χ0n) is 13.9. The number of nitrogens with one attached hydrogen (secondary N) is 1. The van der Waals surface area contributed by atoms with Crippen molar-refractivity contribution in [2.75, 3.05) is 6.54 Å². The second kappa shape index (κ2) is 7.71. The van der Waals surface area contributed by atoms with Gasteiger partial charge in [0.25, 0.3) is 5.91 Å². The van der Waals surface area contributed by atoms with Crippen molar-refractivity contribution in [3.8, 4) is 0 Å². The first-order valence-electron chi connectivity index (χ1n) is 7.95. The molecular formula is C19H15F2NO4S. The molecule has 27 heavy (non-hydrogen) atoms. The van der Waals surface area contributed by atoms with E-state index in [1.54, 1.807) is 0 Å². The minimum atomic E-state index is -4.00. The lowest BCUT2D eigenvalue weighted by molar-refractivity contribution is 0.0949. The minimum absolute atomic E-state index is 0.105. The molecule has 0 saturated carbocycles. The van der Waals surface area contributed by atoms with Crippen LogP contribution in [-0.4, -0.2) is 20.9 Å². The first kappa shape index (κ1) is 18.8. The molecular weight excluding hydrogens is 376 g/mol. The maximum Gasteiger partial charge on any atom is 0.254 e. The van der Waals surface area contributed by atoms with Gasteiger partial charge >= 0.3 is 0 Å². The Hall–Kier alpha value is -3.00. The van der Waals surface area contributed by atoms with E-state index in [1.807, 2.05) is 0 Å². The van der Waals surface area contributed by atoms with Crippen molar-refractivity contribution >= 4 is 15.7 Å². The summed E-state index contributed by atoms with van der Waals surface area (Å²) in [7, 11) is -4.00. The number of hydrogen-bond donors (Lipinski definition) is 1. The molecule has 3 aromatic rings. The van der Waals surface area contributed by atoms with Crippen molar-refractivity contribution in [2.24, 2.45) is 0 Å². The third kappa shape index (κ3) is 4.06. The summed E-state index contributed by atoms with van der Waals surface area (Å²) in [6.45, 7) is -0.347. The Labute approximate surface area is 154 Å². The van der Waals surface area contributed by atoms with Gasteiger partial charge in [-0.05, 0) is 48.5 Å². The number of amides is 1. The van der Waals surface area contributed by atoms with Gasteiger partial charge in [0.15, 0.2) is 9.84 Å². The summed E-state index contributed by atoms with van der Waals surface area (Å²) in [6, 6.07) is 12.7. The Morgan fingerprint density at radius 3 is 2.33 bits per heavy atom. The maximum absolute atomic E-state index is 13.7. The Morgan fingerprint density at radius 2 is 1.70 bits per heavy atom. The summed E-state index contributed by atoms with van der Waals surface area (Å²) < 4.78 is 58.0. The summed E-state index contributed by atoms with van der Waals surface area (Å²) in [6.07, 6.45) is 1.31. The molecule has 0 saturated heterocycles. The van der Waals surface area contributed by atoms with E-state index in [0.717, 1.165) is 30.3 Å². The van der Waals surface area contributed by atoms with Gasteiger partial charge in [-0.25, -0.2) is 17.2 Å². The van der Waals surface area contributed by atoms with E-state index in [-0.39, 0.29) is 22.8 Å². The highest BCUT2D eigenvalue weighted by Gasteiger charge is 2.32. The summed E-state index contributed by atoms with van der Waals surface area (Å²) >= 11 is 0. The normalized spacial score (nSPS) is 12.5. The lowest BCUT2D eigenvalue weighted by atomic mass is 10.2. The van der Waals surface area contributed by atoms with Crippen LogP contribution in [0.1, 0.15) is 21.4 Å². The van der Waals surface area contributed by atoms with Crippen LogP contribution in [0.3, 0.4) is 0 Å². The van der Waals surface area contributed by atoms with Crippen molar-refractivity contribution in [1.29, 1.82) is 0 Å².